The summed E-state index contributed by atoms with van der Waals surface area (Å²) in [4.78, 5) is 25.0. The molecule has 0 saturated carbocycles. The SMILES string of the molecule is CCOC(=O)c1cc(=O)[nH]c(CBr)c1OC(F)(F)F. The molecule has 0 aliphatic heterocycles. The van der Waals surface area contributed by atoms with Gasteiger partial charge in [0.05, 0.1) is 12.3 Å². The summed E-state index contributed by atoms with van der Waals surface area (Å²) in [7, 11) is 0. The molecule has 9 heteroatoms. The van der Waals surface area contributed by atoms with Crippen LogP contribution in [0, 0.1) is 0 Å². The number of aromatic nitrogens is 1. The largest absolute Gasteiger partial charge is 0.573 e. The molecule has 19 heavy (non-hydrogen) atoms. The van der Waals surface area contributed by atoms with Crippen LogP contribution in [0.1, 0.15) is 23.0 Å². The molecule has 0 bridgehead atoms. The van der Waals surface area contributed by atoms with Crippen molar-refractivity contribution >= 4 is 21.9 Å². The van der Waals surface area contributed by atoms with E-state index in [1.165, 1.54) is 6.92 Å². The number of aromatic amines is 1. The highest BCUT2D eigenvalue weighted by Gasteiger charge is 2.35. The number of rotatable bonds is 4. The molecule has 0 aromatic carbocycles. The maximum Gasteiger partial charge on any atom is 0.573 e. The van der Waals surface area contributed by atoms with E-state index >= 15 is 0 Å². The first kappa shape index (κ1) is 15.5. The third-order valence-corrected chi connectivity index (χ3v) is 2.48. The van der Waals surface area contributed by atoms with E-state index in [0.29, 0.717) is 6.07 Å². The van der Waals surface area contributed by atoms with Crippen molar-refractivity contribution in [2.45, 2.75) is 18.6 Å². The number of halogens is 4. The van der Waals surface area contributed by atoms with E-state index < -0.39 is 29.2 Å². The smallest absolute Gasteiger partial charge is 0.462 e. The second-order valence-corrected chi connectivity index (χ2v) is 3.82. The number of esters is 1. The van der Waals surface area contributed by atoms with Crippen LogP contribution < -0.4 is 10.3 Å². The zero-order valence-electron chi connectivity index (χ0n) is 9.64. The number of nitrogens with one attached hydrogen (secondary N) is 1. The Morgan fingerprint density at radius 1 is 1.47 bits per heavy atom. The van der Waals surface area contributed by atoms with Gasteiger partial charge in [0.1, 0.15) is 5.56 Å². The van der Waals surface area contributed by atoms with Crippen LogP contribution >= 0.6 is 15.9 Å². The van der Waals surface area contributed by atoms with Crippen molar-refractivity contribution in [3.8, 4) is 5.75 Å². The van der Waals surface area contributed by atoms with E-state index in [0.717, 1.165) is 0 Å². The van der Waals surface area contributed by atoms with Gasteiger partial charge < -0.3 is 14.5 Å². The number of carbonyl (C=O) groups excluding carboxylic acids is 1. The molecule has 0 atom stereocenters. The zero-order valence-corrected chi connectivity index (χ0v) is 11.2. The molecular formula is C10H9BrF3NO4. The van der Waals surface area contributed by atoms with Gasteiger partial charge in [-0.25, -0.2) is 4.79 Å². The van der Waals surface area contributed by atoms with E-state index in [9.17, 15) is 22.8 Å². The molecule has 0 aliphatic carbocycles. The standard InChI is InChI=1S/C10H9BrF3NO4/c1-2-18-9(17)5-3-7(16)15-6(4-11)8(5)19-10(12,13)14/h3H,2,4H2,1H3,(H,15,16). The predicted molar refractivity (Wildman–Crippen MR) is 62.3 cm³/mol. The van der Waals surface area contributed by atoms with Gasteiger partial charge in [0.2, 0.25) is 5.56 Å². The fraction of sp³-hybridized carbons (Fsp3) is 0.400. The summed E-state index contributed by atoms with van der Waals surface area (Å²) in [5, 5.41) is -0.124. The van der Waals surface area contributed by atoms with Gasteiger partial charge in [-0.3, -0.25) is 4.79 Å². The van der Waals surface area contributed by atoms with E-state index in [-0.39, 0.29) is 17.6 Å². The average molecular weight is 344 g/mol. The minimum Gasteiger partial charge on any atom is -0.462 e. The maximum absolute atomic E-state index is 12.3. The fourth-order valence-electron chi connectivity index (χ4n) is 1.29. The highest BCUT2D eigenvalue weighted by atomic mass is 79.9. The summed E-state index contributed by atoms with van der Waals surface area (Å²) < 4.78 is 45.3. The van der Waals surface area contributed by atoms with E-state index in [4.69, 9.17) is 0 Å². The molecule has 5 nitrogen and oxygen atoms in total. The van der Waals surface area contributed by atoms with Crippen molar-refractivity contribution in [2.24, 2.45) is 0 Å². The molecule has 1 rings (SSSR count). The first-order valence-electron chi connectivity index (χ1n) is 5.03. The van der Waals surface area contributed by atoms with E-state index in [1.54, 1.807) is 0 Å². The van der Waals surface area contributed by atoms with Gasteiger partial charge in [0, 0.05) is 11.4 Å². The molecule has 0 amide bonds. The number of alkyl halides is 4. The fourth-order valence-corrected chi connectivity index (χ4v) is 1.68. The van der Waals surface area contributed by atoms with Gasteiger partial charge in [-0.15, -0.1) is 13.2 Å². The molecule has 1 aromatic rings. The van der Waals surface area contributed by atoms with Crippen LogP contribution in [0.5, 0.6) is 5.75 Å². The third kappa shape index (κ3) is 4.27. The highest BCUT2D eigenvalue weighted by molar-refractivity contribution is 9.08. The quantitative estimate of drug-likeness (QED) is 0.673. The molecule has 1 heterocycles. The Bertz CT molecular complexity index is 526. The Morgan fingerprint density at radius 2 is 2.11 bits per heavy atom. The molecule has 0 unspecified atom stereocenters. The number of pyridine rings is 1. The van der Waals surface area contributed by atoms with Gasteiger partial charge in [-0.2, -0.15) is 0 Å². The third-order valence-electron chi connectivity index (χ3n) is 1.91. The Morgan fingerprint density at radius 3 is 2.58 bits per heavy atom. The number of hydrogen-bond acceptors (Lipinski definition) is 4. The summed E-state index contributed by atoms with van der Waals surface area (Å²) in [6.45, 7) is 1.45. The Kier molecular flexibility index (Phi) is 4.98. The minimum atomic E-state index is -4.99. The lowest BCUT2D eigenvalue weighted by atomic mass is 10.2. The van der Waals surface area contributed by atoms with Crippen molar-refractivity contribution in [1.82, 2.24) is 4.98 Å². The summed E-state index contributed by atoms with van der Waals surface area (Å²) in [5.74, 6) is -1.84. The highest BCUT2D eigenvalue weighted by Crippen LogP contribution is 2.29. The number of hydrogen-bond donors (Lipinski definition) is 1. The van der Waals surface area contributed by atoms with E-state index in [1.807, 2.05) is 0 Å². The molecule has 0 spiro atoms. The summed E-state index contributed by atoms with van der Waals surface area (Å²) in [5.41, 5.74) is -1.50. The lowest BCUT2D eigenvalue weighted by molar-refractivity contribution is -0.275. The predicted octanol–water partition coefficient (Wildman–Crippen LogP) is 2.35. The Hall–Kier alpha value is -1.51. The Labute approximate surface area is 113 Å². The zero-order chi connectivity index (χ0) is 14.6. The molecule has 1 N–H and O–H groups in total. The first-order chi connectivity index (χ1) is 8.78. The van der Waals surface area contributed by atoms with E-state index in [2.05, 4.69) is 30.4 Å². The molecular weight excluding hydrogens is 335 g/mol. The van der Waals surface area contributed by atoms with Crippen molar-refractivity contribution < 1.29 is 27.4 Å². The van der Waals surface area contributed by atoms with Crippen LogP contribution in [0.3, 0.4) is 0 Å². The second kappa shape index (κ2) is 6.09. The second-order valence-electron chi connectivity index (χ2n) is 3.26. The van der Waals surface area contributed by atoms with Crippen molar-refractivity contribution in [1.29, 1.82) is 0 Å². The van der Waals surface area contributed by atoms with Crippen LogP contribution in [0.4, 0.5) is 13.2 Å². The van der Waals surface area contributed by atoms with Gasteiger partial charge in [0.25, 0.3) is 0 Å². The summed E-state index contributed by atoms with van der Waals surface area (Å²) in [6, 6.07) is 0.700. The lowest BCUT2D eigenvalue weighted by Gasteiger charge is -2.15. The van der Waals surface area contributed by atoms with Crippen LogP contribution in [-0.4, -0.2) is 23.9 Å². The summed E-state index contributed by atoms with van der Waals surface area (Å²) in [6.07, 6.45) is -4.99. The van der Waals surface area contributed by atoms with Crippen LogP contribution in [0.2, 0.25) is 0 Å². The maximum atomic E-state index is 12.3. The molecule has 0 saturated heterocycles. The lowest BCUT2D eigenvalue weighted by Crippen LogP contribution is -2.23. The van der Waals surface area contributed by atoms with Gasteiger partial charge in [0.15, 0.2) is 5.75 Å². The van der Waals surface area contributed by atoms with Crippen molar-refractivity contribution in [2.75, 3.05) is 6.61 Å². The van der Waals surface area contributed by atoms with Gasteiger partial charge in [-0.1, -0.05) is 15.9 Å². The normalized spacial score (nSPS) is 11.2. The van der Waals surface area contributed by atoms with Crippen molar-refractivity contribution in [3.05, 3.63) is 27.7 Å². The average Bonchev–Trinajstić information content (AvgIpc) is 2.29. The van der Waals surface area contributed by atoms with Crippen LogP contribution in [-0.2, 0) is 10.1 Å². The number of H-pyrrole nitrogens is 1. The van der Waals surface area contributed by atoms with Crippen LogP contribution in [0.25, 0.3) is 0 Å². The molecule has 1 aromatic heterocycles. The number of carbonyl (C=O) groups is 1. The molecule has 0 fully saturated rings. The van der Waals surface area contributed by atoms with Crippen LogP contribution in [0.15, 0.2) is 10.9 Å². The van der Waals surface area contributed by atoms with Gasteiger partial charge >= 0.3 is 12.3 Å². The summed E-state index contributed by atoms with van der Waals surface area (Å²) >= 11 is 2.90. The van der Waals surface area contributed by atoms with Gasteiger partial charge in [-0.05, 0) is 6.92 Å². The monoisotopic (exact) mass is 343 g/mol. The molecule has 106 valence electrons. The van der Waals surface area contributed by atoms with Crippen molar-refractivity contribution in [3.63, 3.8) is 0 Å². The minimum absolute atomic E-state index is 0.0409. The Balaban J connectivity index is 3.37. The number of ether oxygens (including phenoxy) is 2. The molecule has 0 aliphatic rings. The first-order valence-corrected chi connectivity index (χ1v) is 6.15. The molecule has 0 radical (unpaired) electrons. The topological polar surface area (TPSA) is 68.4 Å².